The number of rotatable bonds is 5. The van der Waals surface area contributed by atoms with Gasteiger partial charge < -0.3 is 9.84 Å². The zero-order chi connectivity index (χ0) is 30.3. The number of anilines is 1. The maximum atomic E-state index is 14.1. The lowest BCUT2D eigenvalue weighted by atomic mass is 9.56. The molecule has 0 spiro atoms. The lowest BCUT2D eigenvalue weighted by molar-refractivity contribution is -0.138. The quantitative estimate of drug-likeness (QED) is 0.142. The number of ether oxygens (including phenoxy) is 1. The summed E-state index contributed by atoms with van der Waals surface area (Å²) in [7, 11) is 1.41. The number of hydrogen-bond donors (Lipinski definition) is 1. The Balaban J connectivity index is 1.52. The summed E-state index contributed by atoms with van der Waals surface area (Å²) in [5.74, 6) is -4.91. The van der Waals surface area contributed by atoms with E-state index < -0.39 is 45.2 Å². The number of allylic oxidation sites excluding steroid dienone is 2. The maximum Gasteiger partial charge on any atom is 0.254 e. The predicted molar refractivity (Wildman–Crippen MR) is 169 cm³/mol. The molecule has 0 aromatic heterocycles. The zero-order valence-corrected chi connectivity index (χ0v) is 27.8. The molecule has 6 unspecified atom stereocenters. The van der Waals surface area contributed by atoms with Gasteiger partial charge in [-0.1, -0.05) is 46.6 Å². The second-order valence-corrected chi connectivity index (χ2v) is 14.0. The smallest absolute Gasteiger partial charge is 0.254 e. The molecule has 8 nitrogen and oxygen atoms in total. The monoisotopic (exact) mass is 786 g/mol. The highest BCUT2D eigenvalue weighted by molar-refractivity contribution is 14.1. The third-order valence-electron chi connectivity index (χ3n) is 9.22. The van der Waals surface area contributed by atoms with Crippen LogP contribution in [0, 0.1) is 21.3 Å². The molecule has 1 N–H and O–H groups in total. The van der Waals surface area contributed by atoms with Gasteiger partial charge in [-0.15, -0.1) is 23.2 Å². The molecule has 2 heterocycles. The van der Waals surface area contributed by atoms with E-state index in [-0.39, 0.29) is 41.6 Å². The maximum absolute atomic E-state index is 14.1. The Morgan fingerprint density at radius 3 is 2.38 bits per heavy atom. The molecule has 0 radical (unpaired) electrons. The summed E-state index contributed by atoms with van der Waals surface area (Å²) < 4.78 is 5.85. The summed E-state index contributed by atoms with van der Waals surface area (Å²) in [4.78, 5) is 54.0. The van der Waals surface area contributed by atoms with Crippen LogP contribution in [-0.2, 0) is 25.6 Å². The number of halogens is 4. The van der Waals surface area contributed by atoms with Crippen LogP contribution in [0.1, 0.15) is 36.8 Å². The first kappa shape index (κ1) is 29.9. The first-order valence-corrected chi connectivity index (χ1v) is 16.4. The molecule has 2 saturated heterocycles. The molecular formula is C30H26BrCl2IN2O6. The highest BCUT2D eigenvalue weighted by atomic mass is 127. The Hall–Kier alpha value is -2.15. The fourth-order valence-corrected chi connectivity index (χ4v) is 9.23. The van der Waals surface area contributed by atoms with Crippen molar-refractivity contribution in [2.75, 3.05) is 17.5 Å². The van der Waals surface area contributed by atoms with Crippen molar-refractivity contribution < 1.29 is 29.0 Å². The number of hydrogen-bond acceptors (Lipinski definition) is 6. The lowest BCUT2D eigenvalue weighted by Crippen LogP contribution is -2.60. The number of nitrogens with zero attached hydrogens (tertiary/aromatic N) is 2. The molecule has 220 valence electrons. The van der Waals surface area contributed by atoms with Crippen molar-refractivity contribution in [3.8, 4) is 11.5 Å². The van der Waals surface area contributed by atoms with Crippen molar-refractivity contribution in [2.45, 2.75) is 41.9 Å². The van der Waals surface area contributed by atoms with Crippen LogP contribution < -0.4 is 9.64 Å². The number of methoxy groups -OCH3 is 1. The second-order valence-electron chi connectivity index (χ2n) is 11.1. The van der Waals surface area contributed by atoms with Crippen LogP contribution in [0.2, 0.25) is 0 Å². The number of phenols is 1. The number of fused-ring (bicyclic) bond motifs is 4. The van der Waals surface area contributed by atoms with Crippen LogP contribution in [0.15, 0.2) is 48.0 Å². The number of likely N-dealkylation sites (tertiary alicyclic amines) is 1. The van der Waals surface area contributed by atoms with Crippen LogP contribution in [0.25, 0.3) is 0 Å². The van der Waals surface area contributed by atoms with E-state index in [1.54, 1.807) is 24.3 Å². The minimum absolute atomic E-state index is 0.0788. The lowest BCUT2D eigenvalue weighted by Gasteiger charge is -2.50. The van der Waals surface area contributed by atoms with Crippen molar-refractivity contribution in [3.05, 3.63) is 62.7 Å². The highest BCUT2D eigenvalue weighted by Crippen LogP contribution is 2.66. The Bertz CT molecular complexity index is 1580. The van der Waals surface area contributed by atoms with Crippen LogP contribution in [0.5, 0.6) is 11.5 Å². The van der Waals surface area contributed by atoms with Gasteiger partial charge in [-0.2, -0.15) is 0 Å². The van der Waals surface area contributed by atoms with Crippen LogP contribution in [0.3, 0.4) is 0 Å². The van der Waals surface area contributed by atoms with E-state index in [9.17, 15) is 24.3 Å². The molecule has 1 saturated carbocycles. The van der Waals surface area contributed by atoms with E-state index in [1.165, 1.54) is 12.0 Å². The van der Waals surface area contributed by atoms with Gasteiger partial charge in [-0.05, 0) is 83.2 Å². The van der Waals surface area contributed by atoms with E-state index in [4.69, 9.17) is 27.9 Å². The summed E-state index contributed by atoms with van der Waals surface area (Å²) in [6.45, 7) is 2.03. The molecule has 4 aliphatic rings. The topological polar surface area (TPSA) is 104 Å². The molecule has 2 aliphatic carbocycles. The van der Waals surface area contributed by atoms with Gasteiger partial charge in [0.25, 0.3) is 11.8 Å². The summed E-state index contributed by atoms with van der Waals surface area (Å²) in [6.07, 6.45) is 2.87. The summed E-state index contributed by atoms with van der Waals surface area (Å²) in [5.41, 5.74) is 2.65. The SMILES string of the molecule is CCc1ccc(N2C(=O)C3CC=C4C(CC5(Cl)C(=O)N(CBr)C(=O)C5(Cl)C4c4cc(I)c(O)c(OC)c4)C3C2=O)cc1. The molecule has 2 aliphatic heterocycles. The normalized spacial score (nSPS) is 32.1. The van der Waals surface area contributed by atoms with Gasteiger partial charge >= 0.3 is 0 Å². The van der Waals surface area contributed by atoms with Crippen LogP contribution >= 0.6 is 61.7 Å². The van der Waals surface area contributed by atoms with Crippen molar-refractivity contribution in [2.24, 2.45) is 17.8 Å². The first-order valence-electron chi connectivity index (χ1n) is 13.5. The number of imide groups is 2. The van der Waals surface area contributed by atoms with Gasteiger partial charge in [0.2, 0.25) is 11.8 Å². The average Bonchev–Trinajstić information content (AvgIpc) is 3.32. The Morgan fingerprint density at radius 1 is 1.07 bits per heavy atom. The molecule has 6 rings (SSSR count). The second kappa shape index (κ2) is 10.5. The molecule has 12 heteroatoms. The standard InChI is InChI=1S/C30H26BrCl2IN2O6/c1-3-14-4-6-16(7-5-14)36-25(38)18-9-8-17-19(22(18)26(36)39)12-29(32)27(40)35(13-31)28(41)30(29,33)23(17)15-10-20(34)24(37)21(11-15)42-2/h4-8,10-11,18-19,22-23,37H,3,9,12-13H2,1-2H3. The largest absolute Gasteiger partial charge is 0.504 e. The van der Waals surface area contributed by atoms with E-state index in [0.717, 1.165) is 16.9 Å². The summed E-state index contributed by atoms with van der Waals surface area (Å²) in [5, 5.41) is 10.6. The Morgan fingerprint density at radius 2 is 1.76 bits per heavy atom. The number of benzene rings is 2. The van der Waals surface area contributed by atoms with Gasteiger partial charge in [0.15, 0.2) is 21.2 Å². The Labute approximate surface area is 274 Å². The summed E-state index contributed by atoms with van der Waals surface area (Å²) in [6, 6.07) is 10.6. The van der Waals surface area contributed by atoms with Gasteiger partial charge in [0.1, 0.15) is 0 Å². The minimum Gasteiger partial charge on any atom is -0.504 e. The van der Waals surface area contributed by atoms with Crippen molar-refractivity contribution in [3.63, 3.8) is 0 Å². The van der Waals surface area contributed by atoms with E-state index >= 15 is 0 Å². The van der Waals surface area contributed by atoms with E-state index in [1.807, 2.05) is 47.7 Å². The molecule has 6 atom stereocenters. The number of carbonyl (C=O) groups excluding carboxylic acids is 4. The first-order chi connectivity index (χ1) is 19.9. The minimum atomic E-state index is -1.93. The van der Waals surface area contributed by atoms with Gasteiger partial charge in [-0.25, -0.2) is 0 Å². The zero-order valence-electron chi connectivity index (χ0n) is 22.6. The third-order valence-corrected chi connectivity index (χ3v) is 12.0. The van der Waals surface area contributed by atoms with Gasteiger partial charge in [-0.3, -0.25) is 29.0 Å². The third kappa shape index (κ3) is 3.90. The molecular weight excluding hydrogens is 762 g/mol. The summed E-state index contributed by atoms with van der Waals surface area (Å²) >= 11 is 19.7. The number of amides is 4. The van der Waals surface area contributed by atoms with Crippen molar-refractivity contribution in [1.29, 1.82) is 0 Å². The molecule has 2 aromatic rings. The fourth-order valence-electron chi connectivity index (χ4n) is 7.18. The Kier molecular flexibility index (Phi) is 7.47. The molecule has 3 fully saturated rings. The molecule has 0 bridgehead atoms. The number of aryl methyl sites for hydroxylation is 1. The average molecular weight is 788 g/mol. The van der Waals surface area contributed by atoms with Crippen molar-refractivity contribution in [1.82, 2.24) is 4.90 Å². The van der Waals surface area contributed by atoms with Crippen molar-refractivity contribution >= 4 is 91.0 Å². The van der Waals surface area contributed by atoms with Crippen LogP contribution in [-0.4, -0.2) is 55.9 Å². The van der Waals surface area contributed by atoms with Gasteiger partial charge in [0, 0.05) is 5.92 Å². The number of alkyl halides is 3. The molecule has 2 aromatic carbocycles. The molecule has 4 amide bonds. The number of phenolic OH excluding ortho intramolecular Hbond substituents is 1. The highest BCUT2D eigenvalue weighted by Gasteiger charge is 2.76. The predicted octanol–water partition coefficient (Wildman–Crippen LogP) is 5.48. The van der Waals surface area contributed by atoms with Crippen LogP contribution in [0.4, 0.5) is 5.69 Å². The molecule has 42 heavy (non-hydrogen) atoms. The fraction of sp³-hybridized carbons (Fsp3) is 0.400. The van der Waals surface area contributed by atoms with Gasteiger partial charge in [0.05, 0.1) is 33.7 Å². The number of carbonyl (C=O) groups is 4. The van der Waals surface area contributed by atoms with E-state index in [2.05, 4.69) is 15.9 Å². The number of aromatic hydroxyl groups is 1. The van der Waals surface area contributed by atoms with E-state index in [0.29, 0.717) is 20.4 Å².